The summed E-state index contributed by atoms with van der Waals surface area (Å²) < 4.78 is 7.03. The Morgan fingerprint density at radius 2 is 2.09 bits per heavy atom. The van der Waals surface area contributed by atoms with Crippen molar-refractivity contribution in [3.8, 4) is 5.75 Å². The van der Waals surface area contributed by atoms with Crippen molar-refractivity contribution in [3.05, 3.63) is 45.2 Å². The van der Waals surface area contributed by atoms with Gasteiger partial charge in [0.1, 0.15) is 5.75 Å². The lowest BCUT2D eigenvalue weighted by atomic mass is 10.2. The van der Waals surface area contributed by atoms with Gasteiger partial charge in [0.2, 0.25) is 0 Å². The Bertz CT molecular complexity index is 714. The summed E-state index contributed by atoms with van der Waals surface area (Å²) in [5.41, 5.74) is 2.18. The van der Waals surface area contributed by atoms with Crippen molar-refractivity contribution in [2.24, 2.45) is 0 Å². The van der Waals surface area contributed by atoms with E-state index in [1.165, 1.54) is 7.11 Å². The Morgan fingerprint density at radius 1 is 1.35 bits per heavy atom. The number of benzene rings is 1. The molecule has 0 unspecified atom stereocenters. The molecule has 0 spiro atoms. The van der Waals surface area contributed by atoms with Gasteiger partial charge in [-0.1, -0.05) is 23.2 Å². The Morgan fingerprint density at radius 3 is 2.70 bits per heavy atom. The smallest absolute Gasteiger partial charge is 0.255 e. The van der Waals surface area contributed by atoms with Gasteiger partial charge < -0.3 is 10.1 Å². The highest BCUT2D eigenvalue weighted by Gasteiger charge is 2.13. The Kier molecular flexibility index (Phi) is 5.91. The van der Waals surface area contributed by atoms with Crippen LogP contribution >= 0.6 is 23.2 Å². The van der Waals surface area contributed by atoms with E-state index >= 15 is 0 Å². The van der Waals surface area contributed by atoms with E-state index in [1.54, 1.807) is 18.2 Å². The molecule has 0 saturated heterocycles. The van der Waals surface area contributed by atoms with Crippen LogP contribution in [0.25, 0.3) is 0 Å². The predicted molar refractivity (Wildman–Crippen MR) is 91.7 cm³/mol. The number of rotatable bonds is 6. The summed E-state index contributed by atoms with van der Waals surface area (Å²) in [6, 6.07) is 4.95. The van der Waals surface area contributed by atoms with E-state index in [9.17, 15) is 4.79 Å². The largest absolute Gasteiger partial charge is 0.496 e. The fourth-order valence-electron chi connectivity index (χ4n) is 2.28. The summed E-state index contributed by atoms with van der Waals surface area (Å²) in [5, 5.41) is 8.40. The first kappa shape index (κ1) is 17.6. The summed E-state index contributed by atoms with van der Waals surface area (Å²) in [7, 11) is 1.52. The number of nitrogens with zero attached hydrogens (tertiary/aromatic N) is 2. The van der Waals surface area contributed by atoms with E-state index in [4.69, 9.17) is 27.9 Å². The van der Waals surface area contributed by atoms with Crippen molar-refractivity contribution in [2.45, 2.75) is 26.8 Å². The fourth-order valence-corrected chi connectivity index (χ4v) is 2.58. The van der Waals surface area contributed by atoms with Gasteiger partial charge in [0.25, 0.3) is 5.91 Å². The van der Waals surface area contributed by atoms with Gasteiger partial charge in [-0.05, 0) is 38.5 Å². The lowest BCUT2D eigenvalue weighted by Gasteiger charge is -2.10. The van der Waals surface area contributed by atoms with Gasteiger partial charge in [-0.3, -0.25) is 9.48 Å². The highest BCUT2D eigenvalue weighted by Crippen LogP contribution is 2.22. The summed E-state index contributed by atoms with van der Waals surface area (Å²) in [6.45, 7) is 5.01. The molecule has 2 rings (SSSR count). The highest BCUT2D eigenvalue weighted by molar-refractivity contribution is 6.31. The van der Waals surface area contributed by atoms with Crippen LogP contribution in [0.15, 0.2) is 18.2 Å². The Hall–Kier alpha value is -1.72. The van der Waals surface area contributed by atoms with Gasteiger partial charge in [-0.2, -0.15) is 5.10 Å². The molecule has 1 aromatic carbocycles. The van der Waals surface area contributed by atoms with Crippen LogP contribution in [0.4, 0.5) is 0 Å². The standard InChI is InChI=1S/C16H19Cl2N3O2/c1-10-15(18)11(2)21(20-10)8-4-7-19-16(22)13-9-12(17)5-6-14(13)23-3/h5-6,9H,4,7-8H2,1-3H3,(H,19,22). The highest BCUT2D eigenvalue weighted by atomic mass is 35.5. The van der Waals surface area contributed by atoms with E-state index in [2.05, 4.69) is 10.4 Å². The second kappa shape index (κ2) is 7.70. The number of ether oxygens (including phenoxy) is 1. The number of nitrogens with one attached hydrogen (secondary N) is 1. The van der Waals surface area contributed by atoms with Crippen LogP contribution in [0.1, 0.15) is 28.2 Å². The van der Waals surface area contributed by atoms with Crippen LogP contribution in [0.2, 0.25) is 10.0 Å². The number of carbonyl (C=O) groups excluding carboxylic acids is 1. The van der Waals surface area contributed by atoms with Gasteiger partial charge in [-0.25, -0.2) is 0 Å². The molecule has 0 aliphatic rings. The van der Waals surface area contributed by atoms with E-state index in [0.717, 1.165) is 17.8 Å². The van der Waals surface area contributed by atoms with Crippen molar-refractivity contribution in [2.75, 3.05) is 13.7 Å². The minimum absolute atomic E-state index is 0.212. The first-order chi connectivity index (χ1) is 10.9. The van der Waals surface area contributed by atoms with Crippen LogP contribution in [-0.4, -0.2) is 29.3 Å². The molecule has 0 saturated carbocycles. The normalized spacial score (nSPS) is 10.7. The van der Waals surface area contributed by atoms with Crippen LogP contribution in [0, 0.1) is 13.8 Å². The molecule has 124 valence electrons. The zero-order chi connectivity index (χ0) is 17.0. The van der Waals surface area contributed by atoms with Crippen molar-refractivity contribution in [1.29, 1.82) is 0 Å². The molecule has 0 bridgehead atoms. The van der Waals surface area contributed by atoms with Crippen LogP contribution in [-0.2, 0) is 6.54 Å². The molecule has 0 atom stereocenters. The molecule has 1 amide bonds. The maximum absolute atomic E-state index is 12.2. The first-order valence-corrected chi connectivity index (χ1v) is 8.01. The third-order valence-corrected chi connectivity index (χ3v) is 4.31. The number of hydrogen-bond acceptors (Lipinski definition) is 3. The third-order valence-electron chi connectivity index (χ3n) is 3.53. The van der Waals surface area contributed by atoms with Gasteiger partial charge in [0, 0.05) is 18.1 Å². The van der Waals surface area contributed by atoms with E-state index in [0.29, 0.717) is 34.4 Å². The third kappa shape index (κ3) is 4.18. The van der Waals surface area contributed by atoms with Crippen molar-refractivity contribution >= 4 is 29.1 Å². The average molecular weight is 356 g/mol. The molecule has 2 aromatic rings. The summed E-state index contributed by atoms with van der Waals surface area (Å²) in [4.78, 5) is 12.2. The number of aromatic nitrogens is 2. The molecule has 1 N–H and O–H groups in total. The van der Waals surface area contributed by atoms with Crippen LogP contribution in [0.3, 0.4) is 0 Å². The molecular formula is C16H19Cl2N3O2. The monoisotopic (exact) mass is 355 g/mol. The van der Waals surface area contributed by atoms with Gasteiger partial charge in [-0.15, -0.1) is 0 Å². The maximum atomic E-state index is 12.2. The minimum Gasteiger partial charge on any atom is -0.496 e. The van der Waals surface area contributed by atoms with E-state index in [-0.39, 0.29) is 5.91 Å². The second-order valence-corrected chi connectivity index (χ2v) is 5.98. The van der Waals surface area contributed by atoms with Crippen LogP contribution < -0.4 is 10.1 Å². The van der Waals surface area contributed by atoms with Crippen molar-refractivity contribution < 1.29 is 9.53 Å². The molecule has 1 heterocycles. The topological polar surface area (TPSA) is 56.1 Å². The number of hydrogen-bond donors (Lipinski definition) is 1. The van der Waals surface area contributed by atoms with Crippen LogP contribution in [0.5, 0.6) is 5.75 Å². The summed E-state index contributed by atoms with van der Waals surface area (Å²) in [5.74, 6) is 0.285. The average Bonchev–Trinajstić information content (AvgIpc) is 2.78. The Balaban J connectivity index is 1.90. The molecule has 7 heteroatoms. The summed E-state index contributed by atoms with van der Waals surface area (Å²) in [6.07, 6.45) is 0.743. The molecule has 0 fully saturated rings. The predicted octanol–water partition coefficient (Wildman–Crippen LogP) is 3.64. The number of methoxy groups -OCH3 is 1. The lowest BCUT2D eigenvalue weighted by Crippen LogP contribution is -2.26. The zero-order valence-electron chi connectivity index (χ0n) is 13.3. The minimum atomic E-state index is -0.212. The van der Waals surface area contributed by atoms with E-state index in [1.807, 2.05) is 18.5 Å². The van der Waals surface area contributed by atoms with Gasteiger partial charge in [0.15, 0.2) is 0 Å². The maximum Gasteiger partial charge on any atom is 0.255 e. The Labute approximate surface area is 145 Å². The lowest BCUT2D eigenvalue weighted by molar-refractivity contribution is 0.0949. The molecule has 0 aliphatic heterocycles. The number of amides is 1. The van der Waals surface area contributed by atoms with Gasteiger partial charge >= 0.3 is 0 Å². The first-order valence-electron chi connectivity index (χ1n) is 7.25. The number of halogens is 2. The molecule has 0 aliphatic carbocycles. The van der Waals surface area contributed by atoms with E-state index < -0.39 is 0 Å². The summed E-state index contributed by atoms with van der Waals surface area (Å²) >= 11 is 12.0. The molecule has 23 heavy (non-hydrogen) atoms. The number of aryl methyl sites for hydroxylation is 2. The SMILES string of the molecule is COc1ccc(Cl)cc1C(=O)NCCCn1nc(C)c(Cl)c1C. The fraction of sp³-hybridized carbons (Fsp3) is 0.375. The van der Waals surface area contributed by atoms with Crippen molar-refractivity contribution in [1.82, 2.24) is 15.1 Å². The zero-order valence-corrected chi connectivity index (χ0v) is 14.8. The molecule has 1 aromatic heterocycles. The molecule has 0 radical (unpaired) electrons. The van der Waals surface area contributed by atoms with Gasteiger partial charge in [0.05, 0.1) is 29.1 Å². The molecule has 5 nitrogen and oxygen atoms in total. The second-order valence-electron chi connectivity index (χ2n) is 5.16. The van der Waals surface area contributed by atoms with Crippen molar-refractivity contribution in [3.63, 3.8) is 0 Å². The quantitative estimate of drug-likeness (QED) is 0.804. The molecular weight excluding hydrogens is 337 g/mol. The number of carbonyl (C=O) groups is 1.